The SMILES string of the molecule is CC(C)NC(=O)OCc1ccc(OC(=O)C(C)C)cc1C(F)(F)F. The molecule has 134 valence electrons. The Hall–Kier alpha value is -2.25. The molecule has 5 nitrogen and oxygen atoms in total. The van der Waals surface area contributed by atoms with Gasteiger partial charge in [0, 0.05) is 11.6 Å². The average molecular weight is 347 g/mol. The highest BCUT2D eigenvalue weighted by molar-refractivity contribution is 5.74. The lowest BCUT2D eigenvalue weighted by atomic mass is 10.1. The van der Waals surface area contributed by atoms with Crippen molar-refractivity contribution >= 4 is 12.1 Å². The fraction of sp³-hybridized carbons (Fsp3) is 0.500. The van der Waals surface area contributed by atoms with Crippen LogP contribution in [0.2, 0.25) is 0 Å². The molecule has 0 bridgehead atoms. The van der Waals surface area contributed by atoms with Crippen LogP contribution >= 0.6 is 0 Å². The van der Waals surface area contributed by atoms with Crippen LogP contribution in [-0.4, -0.2) is 18.1 Å². The predicted molar refractivity (Wildman–Crippen MR) is 80.4 cm³/mol. The van der Waals surface area contributed by atoms with Gasteiger partial charge in [-0.1, -0.05) is 19.9 Å². The van der Waals surface area contributed by atoms with Gasteiger partial charge in [0.1, 0.15) is 12.4 Å². The van der Waals surface area contributed by atoms with E-state index in [2.05, 4.69) is 5.32 Å². The van der Waals surface area contributed by atoms with Gasteiger partial charge in [0.15, 0.2) is 0 Å². The highest BCUT2D eigenvalue weighted by Gasteiger charge is 2.34. The smallest absolute Gasteiger partial charge is 0.416 e. The molecule has 0 heterocycles. The van der Waals surface area contributed by atoms with Gasteiger partial charge in [-0.3, -0.25) is 4.79 Å². The number of alkyl carbamates (subject to hydrolysis) is 1. The molecular formula is C16H20F3NO4. The van der Waals surface area contributed by atoms with Gasteiger partial charge in [0.2, 0.25) is 0 Å². The number of carbonyl (C=O) groups is 2. The summed E-state index contributed by atoms with van der Waals surface area (Å²) in [6, 6.07) is 2.87. The van der Waals surface area contributed by atoms with E-state index < -0.39 is 36.3 Å². The van der Waals surface area contributed by atoms with Crippen LogP contribution < -0.4 is 10.1 Å². The summed E-state index contributed by atoms with van der Waals surface area (Å²) in [5.41, 5.74) is -1.25. The summed E-state index contributed by atoms with van der Waals surface area (Å²) in [5.74, 6) is -1.32. The van der Waals surface area contributed by atoms with Crippen LogP contribution in [0.3, 0.4) is 0 Å². The topological polar surface area (TPSA) is 64.6 Å². The van der Waals surface area contributed by atoms with Crippen molar-refractivity contribution < 1.29 is 32.2 Å². The molecular weight excluding hydrogens is 327 g/mol. The van der Waals surface area contributed by atoms with E-state index in [1.54, 1.807) is 27.7 Å². The lowest BCUT2D eigenvalue weighted by Crippen LogP contribution is -2.30. The van der Waals surface area contributed by atoms with Crippen molar-refractivity contribution in [3.05, 3.63) is 29.3 Å². The van der Waals surface area contributed by atoms with Gasteiger partial charge in [0.25, 0.3) is 0 Å². The summed E-state index contributed by atoms with van der Waals surface area (Å²) in [7, 11) is 0. The Morgan fingerprint density at radius 2 is 1.79 bits per heavy atom. The number of alkyl halides is 3. The molecule has 8 heteroatoms. The van der Waals surface area contributed by atoms with Crippen LogP contribution in [-0.2, 0) is 22.3 Å². The van der Waals surface area contributed by atoms with Gasteiger partial charge in [-0.25, -0.2) is 4.79 Å². The molecule has 1 amide bonds. The monoisotopic (exact) mass is 347 g/mol. The number of carbonyl (C=O) groups excluding carboxylic acids is 2. The second kappa shape index (κ2) is 8.03. The van der Waals surface area contributed by atoms with E-state index in [0.29, 0.717) is 0 Å². The quantitative estimate of drug-likeness (QED) is 0.648. The molecule has 24 heavy (non-hydrogen) atoms. The molecule has 0 aliphatic rings. The first-order chi connectivity index (χ1) is 11.0. The van der Waals surface area contributed by atoms with E-state index in [1.165, 1.54) is 6.07 Å². The number of hydrogen-bond donors (Lipinski definition) is 1. The molecule has 0 saturated heterocycles. The molecule has 0 aliphatic heterocycles. The second-order valence-electron chi connectivity index (χ2n) is 5.77. The first-order valence-electron chi connectivity index (χ1n) is 7.35. The number of halogens is 3. The van der Waals surface area contributed by atoms with Crippen molar-refractivity contribution in [2.45, 2.75) is 46.5 Å². The molecule has 1 N–H and O–H groups in total. The van der Waals surface area contributed by atoms with E-state index in [4.69, 9.17) is 9.47 Å². The van der Waals surface area contributed by atoms with Gasteiger partial charge in [0.05, 0.1) is 11.5 Å². The summed E-state index contributed by atoms with van der Waals surface area (Å²) in [4.78, 5) is 22.9. The summed E-state index contributed by atoms with van der Waals surface area (Å²) in [5, 5.41) is 2.41. The van der Waals surface area contributed by atoms with Crippen molar-refractivity contribution in [2.75, 3.05) is 0 Å². The largest absolute Gasteiger partial charge is 0.445 e. The van der Waals surface area contributed by atoms with Gasteiger partial charge in [-0.2, -0.15) is 13.2 Å². The molecule has 1 aromatic carbocycles. The number of nitrogens with one attached hydrogen (secondary N) is 1. The number of rotatable bonds is 5. The Labute approximate surface area is 138 Å². The van der Waals surface area contributed by atoms with Gasteiger partial charge < -0.3 is 14.8 Å². The van der Waals surface area contributed by atoms with Gasteiger partial charge >= 0.3 is 18.2 Å². The van der Waals surface area contributed by atoms with Crippen molar-refractivity contribution in [2.24, 2.45) is 5.92 Å². The first-order valence-corrected chi connectivity index (χ1v) is 7.35. The molecule has 0 radical (unpaired) electrons. The minimum Gasteiger partial charge on any atom is -0.445 e. The Kier molecular flexibility index (Phi) is 6.62. The predicted octanol–water partition coefficient (Wildman–Crippen LogP) is 3.90. The number of esters is 1. The zero-order valence-electron chi connectivity index (χ0n) is 13.9. The fourth-order valence-corrected chi connectivity index (χ4v) is 1.66. The van der Waals surface area contributed by atoms with E-state index in [9.17, 15) is 22.8 Å². The Bertz CT molecular complexity index is 597. The van der Waals surface area contributed by atoms with Crippen LogP contribution in [0.15, 0.2) is 18.2 Å². The lowest BCUT2D eigenvalue weighted by molar-refractivity contribution is -0.140. The molecule has 1 rings (SSSR count). The second-order valence-corrected chi connectivity index (χ2v) is 5.77. The Balaban J connectivity index is 2.96. The van der Waals surface area contributed by atoms with Crippen molar-refractivity contribution in [3.8, 4) is 5.75 Å². The molecule has 0 atom stereocenters. The Morgan fingerprint density at radius 1 is 1.17 bits per heavy atom. The zero-order chi connectivity index (χ0) is 18.5. The summed E-state index contributed by atoms with van der Waals surface area (Å²) in [6.45, 7) is 5.98. The molecule has 0 aromatic heterocycles. The van der Waals surface area contributed by atoms with Crippen molar-refractivity contribution in [3.63, 3.8) is 0 Å². The van der Waals surface area contributed by atoms with E-state index in [-0.39, 0.29) is 17.4 Å². The van der Waals surface area contributed by atoms with Crippen LogP contribution in [0.5, 0.6) is 5.75 Å². The maximum Gasteiger partial charge on any atom is 0.416 e. The Morgan fingerprint density at radius 3 is 2.29 bits per heavy atom. The molecule has 0 aliphatic carbocycles. The normalized spacial score (nSPS) is 11.5. The molecule has 1 aromatic rings. The zero-order valence-corrected chi connectivity index (χ0v) is 13.9. The maximum absolute atomic E-state index is 13.2. The van der Waals surface area contributed by atoms with Gasteiger partial charge in [-0.05, 0) is 26.0 Å². The van der Waals surface area contributed by atoms with Crippen LogP contribution in [0.25, 0.3) is 0 Å². The number of hydrogen-bond acceptors (Lipinski definition) is 4. The van der Waals surface area contributed by atoms with Crippen LogP contribution in [0, 0.1) is 5.92 Å². The third-order valence-electron chi connectivity index (χ3n) is 2.84. The van der Waals surface area contributed by atoms with Gasteiger partial charge in [-0.15, -0.1) is 0 Å². The highest BCUT2D eigenvalue weighted by Crippen LogP contribution is 2.35. The van der Waals surface area contributed by atoms with Crippen molar-refractivity contribution in [1.29, 1.82) is 0 Å². The molecule has 0 fully saturated rings. The summed E-state index contributed by atoms with van der Waals surface area (Å²) >= 11 is 0. The van der Waals surface area contributed by atoms with E-state index in [0.717, 1.165) is 12.1 Å². The standard InChI is InChI=1S/C16H20F3NO4/c1-9(2)14(21)24-12-6-5-11(13(7-12)16(17,18)19)8-23-15(22)20-10(3)4/h5-7,9-10H,8H2,1-4H3,(H,20,22). The number of benzene rings is 1. The molecule has 0 unspecified atom stereocenters. The minimum absolute atomic E-state index is 0.197. The van der Waals surface area contributed by atoms with E-state index >= 15 is 0 Å². The fourth-order valence-electron chi connectivity index (χ4n) is 1.66. The molecule has 0 saturated carbocycles. The minimum atomic E-state index is -4.67. The number of ether oxygens (including phenoxy) is 2. The maximum atomic E-state index is 13.2. The summed E-state index contributed by atoms with van der Waals surface area (Å²) in [6.07, 6.45) is -5.48. The van der Waals surface area contributed by atoms with Crippen LogP contribution in [0.1, 0.15) is 38.8 Å². The van der Waals surface area contributed by atoms with Crippen molar-refractivity contribution in [1.82, 2.24) is 5.32 Å². The summed E-state index contributed by atoms with van der Waals surface area (Å²) < 4.78 is 49.1. The van der Waals surface area contributed by atoms with E-state index in [1.807, 2.05) is 0 Å². The lowest BCUT2D eigenvalue weighted by Gasteiger charge is -2.16. The first kappa shape index (κ1) is 19.8. The molecule has 0 spiro atoms. The van der Waals surface area contributed by atoms with Crippen LogP contribution in [0.4, 0.5) is 18.0 Å². The third-order valence-corrected chi connectivity index (χ3v) is 2.84. The number of amides is 1. The highest BCUT2D eigenvalue weighted by atomic mass is 19.4. The third kappa shape index (κ3) is 6.10. The average Bonchev–Trinajstić information content (AvgIpc) is 2.43.